The van der Waals surface area contributed by atoms with Crippen LogP contribution in [0.15, 0.2) is 0 Å². The predicted molar refractivity (Wildman–Crippen MR) is 54.2 cm³/mol. The van der Waals surface area contributed by atoms with Crippen molar-refractivity contribution >= 4 is 11.8 Å². The van der Waals surface area contributed by atoms with E-state index in [0.717, 1.165) is 0 Å². The summed E-state index contributed by atoms with van der Waals surface area (Å²) < 4.78 is 5.13. The van der Waals surface area contributed by atoms with Crippen molar-refractivity contribution in [3.05, 3.63) is 0 Å². The molecule has 1 fully saturated rings. The van der Waals surface area contributed by atoms with Crippen LogP contribution in [0.5, 0.6) is 0 Å². The van der Waals surface area contributed by atoms with Crippen molar-refractivity contribution in [3.63, 3.8) is 0 Å². The molecular formula is C9H17N3O3. The largest absolute Gasteiger partial charge is 0.379 e. The van der Waals surface area contributed by atoms with Crippen molar-refractivity contribution in [2.75, 3.05) is 26.3 Å². The van der Waals surface area contributed by atoms with E-state index in [0.29, 0.717) is 26.3 Å². The van der Waals surface area contributed by atoms with Crippen molar-refractivity contribution < 1.29 is 14.3 Å². The molecule has 0 aromatic heterocycles. The highest BCUT2D eigenvalue weighted by Crippen LogP contribution is 1.92. The number of rotatable bonds is 3. The van der Waals surface area contributed by atoms with Crippen LogP contribution in [0.4, 0.5) is 4.79 Å². The fraction of sp³-hybridized carbons (Fsp3) is 0.778. The molecule has 0 radical (unpaired) electrons. The molecular weight excluding hydrogens is 198 g/mol. The molecule has 1 aliphatic heterocycles. The molecule has 0 bridgehead atoms. The number of ketones is 1. The third-order valence-corrected chi connectivity index (χ3v) is 2.23. The first-order valence-electron chi connectivity index (χ1n) is 5.00. The van der Waals surface area contributed by atoms with Crippen LogP contribution in [-0.2, 0) is 9.53 Å². The molecule has 1 saturated heterocycles. The molecule has 1 atom stereocenters. The van der Waals surface area contributed by atoms with E-state index in [1.165, 1.54) is 6.92 Å². The van der Waals surface area contributed by atoms with Crippen LogP contribution in [0.2, 0.25) is 0 Å². The summed E-state index contributed by atoms with van der Waals surface area (Å²) in [6, 6.07) is -0.800. The summed E-state index contributed by atoms with van der Waals surface area (Å²) in [7, 11) is 0. The maximum Gasteiger partial charge on any atom is 0.329 e. The second-order valence-corrected chi connectivity index (χ2v) is 3.52. The second-order valence-electron chi connectivity index (χ2n) is 3.52. The first-order chi connectivity index (χ1) is 7.09. The summed E-state index contributed by atoms with van der Waals surface area (Å²) in [6.45, 7) is 5.66. The number of hydrazine groups is 1. The molecule has 1 rings (SSSR count). The normalized spacial score (nSPS) is 19.3. The van der Waals surface area contributed by atoms with Gasteiger partial charge in [-0.25, -0.2) is 9.80 Å². The van der Waals surface area contributed by atoms with Crippen molar-refractivity contribution in [1.29, 1.82) is 0 Å². The molecule has 2 N–H and O–H groups in total. The van der Waals surface area contributed by atoms with Crippen molar-refractivity contribution in [2.45, 2.75) is 19.9 Å². The molecule has 0 saturated carbocycles. The molecule has 0 spiro atoms. The molecule has 1 aliphatic rings. The standard InChI is InChI=1S/C9H17N3O3/c1-7(8(2)13)10-9(14)11-12-3-5-15-6-4-12/h7H,3-6H2,1-2H3,(H2,10,11,14). The van der Waals surface area contributed by atoms with Crippen molar-refractivity contribution in [3.8, 4) is 0 Å². The lowest BCUT2D eigenvalue weighted by molar-refractivity contribution is -0.118. The zero-order valence-electron chi connectivity index (χ0n) is 9.08. The van der Waals surface area contributed by atoms with Gasteiger partial charge in [-0.2, -0.15) is 0 Å². The predicted octanol–water partition coefficient (Wildman–Crippen LogP) is -0.490. The Morgan fingerprint density at radius 1 is 1.33 bits per heavy atom. The summed E-state index contributed by atoms with van der Waals surface area (Å²) >= 11 is 0. The number of amides is 2. The van der Waals surface area contributed by atoms with Gasteiger partial charge in [0.05, 0.1) is 19.3 Å². The quantitative estimate of drug-likeness (QED) is 0.666. The van der Waals surface area contributed by atoms with Crippen molar-refractivity contribution in [2.24, 2.45) is 0 Å². The van der Waals surface area contributed by atoms with Crippen LogP contribution in [-0.4, -0.2) is 49.2 Å². The zero-order valence-corrected chi connectivity index (χ0v) is 9.08. The van der Waals surface area contributed by atoms with E-state index in [2.05, 4.69) is 10.7 Å². The van der Waals surface area contributed by atoms with Crippen LogP contribution in [0, 0.1) is 0 Å². The monoisotopic (exact) mass is 215 g/mol. The van der Waals surface area contributed by atoms with Gasteiger partial charge in [0, 0.05) is 13.1 Å². The van der Waals surface area contributed by atoms with E-state index in [1.807, 2.05) is 0 Å². The van der Waals surface area contributed by atoms with Gasteiger partial charge in [0.2, 0.25) is 0 Å². The lowest BCUT2D eigenvalue weighted by Crippen LogP contribution is -2.53. The SMILES string of the molecule is CC(=O)C(C)NC(=O)NN1CCOCC1. The Bertz CT molecular complexity index is 239. The van der Waals surface area contributed by atoms with Gasteiger partial charge >= 0.3 is 6.03 Å². The summed E-state index contributed by atoms with van der Waals surface area (Å²) in [5, 5.41) is 4.31. The minimum Gasteiger partial charge on any atom is -0.379 e. The Balaban J connectivity index is 2.25. The summed E-state index contributed by atoms with van der Waals surface area (Å²) in [5.74, 6) is -0.0628. The fourth-order valence-corrected chi connectivity index (χ4v) is 1.15. The molecule has 6 nitrogen and oxygen atoms in total. The lowest BCUT2D eigenvalue weighted by Gasteiger charge is -2.27. The van der Waals surface area contributed by atoms with Crippen LogP contribution in [0.25, 0.3) is 0 Å². The zero-order chi connectivity index (χ0) is 11.3. The summed E-state index contributed by atoms with van der Waals surface area (Å²) in [4.78, 5) is 22.3. The molecule has 0 aromatic rings. The molecule has 0 aromatic carbocycles. The van der Waals surface area contributed by atoms with Crippen LogP contribution in [0.1, 0.15) is 13.8 Å². The van der Waals surface area contributed by atoms with E-state index in [-0.39, 0.29) is 11.8 Å². The lowest BCUT2D eigenvalue weighted by atomic mass is 10.2. The molecule has 2 amide bonds. The number of urea groups is 1. The minimum atomic E-state index is -0.453. The van der Waals surface area contributed by atoms with Gasteiger partial charge in [0.1, 0.15) is 0 Å². The number of hydrogen-bond donors (Lipinski definition) is 2. The summed E-state index contributed by atoms with van der Waals surface area (Å²) in [6.07, 6.45) is 0. The van der Waals surface area contributed by atoms with Gasteiger partial charge < -0.3 is 10.1 Å². The van der Waals surface area contributed by atoms with E-state index in [9.17, 15) is 9.59 Å². The smallest absolute Gasteiger partial charge is 0.329 e. The Hall–Kier alpha value is -1.14. The number of ether oxygens (including phenoxy) is 1. The maximum atomic E-state index is 11.4. The average Bonchev–Trinajstić information content (AvgIpc) is 2.18. The Morgan fingerprint density at radius 3 is 2.47 bits per heavy atom. The number of morpholine rings is 1. The molecule has 1 unspecified atom stereocenters. The Kier molecular flexibility index (Phi) is 4.51. The van der Waals surface area contributed by atoms with Crippen LogP contribution in [0.3, 0.4) is 0 Å². The van der Waals surface area contributed by atoms with Gasteiger partial charge in [-0.05, 0) is 13.8 Å². The highest BCUT2D eigenvalue weighted by atomic mass is 16.5. The number of nitrogens with zero attached hydrogens (tertiary/aromatic N) is 1. The Morgan fingerprint density at radius 2 is 1.93 bits per heavy atom. The van der Waals surface area contributed by atoms with Gasteiger partial charge in [-0.15, -0.1) is 0 Å². The van der Waals surface area contributed by atoms with Gasteiger partial charge in [-0.3, -0.25) is 10.2 Å². The number of hydrogen-bond acceptors (Lipinski definition) is 4. The fourth-order valence-electron chi connectivity index (χ4n) is 1.15. The maximum absolute atomic E-state index is 11.4. The van der Waals surface area contributed by atoms with Gasteiger partial charge in [-0.1, -0.05) is 0 Å². The highest BCUT2D eigenvalue weighted by molar-refractivity contribution is 5.86. The number of carbonyl (C=O) groups is 2. The highest BCUT2D eigenvalue weighted by Gasteiger charge is 2.15. The average molecular weight is 215 g/mol. The van der Waals surface area contributed by atoms with Crippen molar-refractivity contribution in [1.82, 2.24) is 15.8 Å². The minimum absolute atomic E-state index is 0.0628. The third kappa shape index (κ3) is 4.26. The Labute approximate surface area is 88.9 Å². The second kappa shape index (κ2) is 5.67. The first-order valence-corrected chi connectivity index (χ1v) is 5.00. The third-order valence-electron chi connectivity index (χ3n) is 2.23. The van der Waals surface area contributed by atoms with Gasteiger partial charge in [0.15, 0.2) is 5.78 Å². The van der Waals surface area contributed by atoms with E-state index in [1.54, 1.807) is 11.9 Å². The van der Waals surface area contributed by atoms with E-state index in [4.69, 9.17) is 4.74 Å². The first kappa shape index (κ1) is 11.9. The van der Waals surface area contributed by atoms with Crippen LogP contribution < -0.4 is 10.7 Å². The number of nitrogens with one attached hydrogen (secondary N) is 2. The molecule has 15 heavy (non-hydrogen) atoms. The molecule has 1 heterocycles. The van der Waals surface area contributed by atoms with E-state index >= 15 is 0 Å². The van der Waals surface area contributed by atoms with E-state index < -0.39 is 6.04 Å². The molecule has 0 aliphatic carbocycles. The van der Waals surface area contributed by atoms with Crippen LogP contribution >= 0.6 is 0 Å². The number of Topliss-reactive ketones (excluding diaryl/α,β-unsaturated/α-hetero) is 1. The molecule has 6 heteroatoms. The number of carbonyl (C=O) groups excluding carboxylic acids is 2. The topological polar surface area (TPSA) is 70.7 Å². The summed E-state index contributed by atoms with van der Waals surface area (Å²) in [5.41, 5.74) is 2.66. The molecule has 86 valence electrons. The van der Waals surface area contributed by atoms with Gasteiger partial charge in [0.25, 0.3) is 0 Å².